The molecule has 136 valence electrons. The summed E-state index contributed by atoms with van der Waals surface area (Å²) in [6.07, 6.45) is 1.14. The third-order valence-corrected chi connectivity index (χ3v) is 5.06. The summed E-state index contributed by atoms with van der Waals surface area (Å²) in [4.78, 5) is 4.80. The predicted molar refractivity (Wildman–Crippen MR) is 99.6 cm³/mol. The van der Waals surface area contributed by atoms with E-state index in [2.05, 4.69) is 47.1 Å². The summed E-state index contributed by atoms with van der Waals surface area (Å²) < 4.78 is 12.7. The molecule has 6 nitrogen and oxygen atoms in total. The third kappa shape index (κ3) is 3.90. The van der Waals surface area contributed by atoms with Crippen LogP contribution in [0.3, 0.4) is 0 Å². The summed E-state index contributed by atoms with van der Waals surface area (Å²) in [5, 5.41) is 4.57. The first-order chi connectivity index (χ1) is 12.0. The molecule has 1 fully saturated rings. The Bertz CT molecular complexity index is 686. The van der Waals surface area contributed by atoms with Crippen molar-refractivity contribution in [1.29, 1.82) is 0 Å². The van der Waals surface area contributed by atoms with Gasteiger partial charge in [-0.1, -0.05) is 0 Å². The van der Waals surface area contributed by atoms with Gasteiger partial charge in [0.2, 0.25) is 0 Å². The summed E-state index contributed by atoms with van der Waals surface area (Å²) >= 11 is 0. The smallest absolute Gasteiger partial charge is 0.124 e. The van der Waals surface area contributed by atoms with Crippen LogP contribution in [0.2, 0.25) is 0 Å². The summed E-state index contributed by atoms with van der Waals surface area (Å²) in [7, 11) is 7.55. The maximum atomic E-state index is 5.40. The summed E-state index contributed by atoms with van der Waals surface area (Å²) in [6, 6.07) is 8.74. The van der Waals surface area contributed by atoms with Gasteiger partial charge in [0.25, 0.3) is 0 Å². The summed E-state index contributed by atoms with van der Waals surface area (Å²) in [6.45, 7) is 5.00. The van der Waals surface area contributed by atoms with Crippen LogP contribution in [0.4, 0.5) is 5.69 Å². The second kappa shape index (κ2) is 7.35. The maximum Gasteiger partial charge on any atom is 0.124 e. The second-order valence-electron chi connectivity index (χ2n) is 6.78. The Morgan fingerprint density at radius 2 is 1.84 bits per heavy atom. The monoisotopic (exact) mass is 344 g/mol. The first-order valence-corrected chi connectivity index (χ1v) is 8.68. The number of hydrogen-bond donors (Lipinski definition) is 0. The number of likely N-dealkylation sites (N-methyl/N-ethyl adjacent to an activating group) is 1. The lowest BCUT2D eigenvalue weighted by Gasteiger charge is -2.25. The average molecular weight is 344 g/mol. The summed E-state index contributed by atoms with van der Waals surface area (Å²) in [5.41, 5.74) is 3.48. The van der Waals surface area contributed by atoms with Crippen LogP contribution in [-0.4, -0.2) is 55.1 Å². The number of nitrogens with zero attached hydrogens (tertiary/aromatic N) is 4. The fourth-order valence-electron chi connectivity index (χ4n) is 3.41. The molecule has 2 aromatic rings. The van der Waals surface area contributed by atoms with Gasteiger partial charge in [0.05, 0.1) is 19.9 Å². The Kier molecular flexibility index (Phi) is 5.18. The second-order valence-corrected chi connectivity index (χ2v) is 6.78. The van der Waals surface area contributed by atoms with Crippen molar-refractivity contribution in [3.8, 4) is 11.5 Å². The highest BCUT2D eigenvalue weighted by atomic mass is 16.5. The molecular weight excluding hydrogens is 316 g/mol. The van der Waals surface area contributed by atoms with Gasteiger partial charge in [0.15, 0.2) is 0 Å². The molecule has 6 heteroatoms. The van der Waals surface area contributed by atoms with Crippen molar-refractivity contribution in [2.45, 2.75) is 25.9 Å². The molecule has 0 bridgehead atoms. The third-order valence-electron chi connectivity index (χ3n) is 5.06. The van der Waals surface area contributed by atoms with Gasteiger partial charge in [0, 0.05) is 62.3 Å². The van der Waals surface area contributed by atoms with E-state index in [1.807, 2.05) is 17.8 Å². The molecule has 2 heterocycles. The van der Waals surface area contributed by atoms with Crippen LogP contribution >= 0.6 is 0 Å². The molecule has 0 amide bonds. The molecule has 1 aliphatic rings. The van der Waals surface area contributed by atoms with Gasteiger partial charge < -0.3 is 14.4 Å². The standard InChI is InChI=1S/C19H28N4O2/c1-14-8-15(20-22(14)3)12-21(2)16-6-7-23(13-16)17-9-18(24-4)11-19(10-17)25-5/h8-11,16H,6-7,12-13H2,1-5H3. The van der Waals surface area contributed by atoms with E-state index in [9.17, 15) is 0 Å². The van der Waals surface area contributed by atoms with Gasteiger partial charge >= 0.3 is 0 Å². The molecule has 0 saturated carbocycles. The highest BCUT2D eigenvalue weighted by Crippen LogP contribution is 2.31. The van der Waals surface area contributed by atoms with Crippen molar-refractivity contribution in [2.75, 3.05) is 39.3 Å². The molecule has 1 saturated heterocycles. The topological polar surface area (TPSA) is 42.8 Å². The number of aromatic nitrogens is 2. The Morgan fingerprint density at radius 3 is 2.40 bits per heavy atom. The molecule has 0 spiro atoms. The van der Waals surface area contributed by atoms with Crippen LogP contribution in [0, 0.1) is 6.92 Å². The lowest BCUT2D eigenvalue weighted by Crippen LogP contribution is -2.34. The van der Waals surface area contributed by atoms with Gasteiger partial charge in [-0.05, 0) is 26.5 Å². The summed E-state index contributed by atoms with van der Waals surface area (Å²) in [5.74, 6) is 1.66. The molecule has 0 N–H and O–H groups in total. The highest BCUT2D eigenvalue weighted by Gasteiger charge is 2.27. The van der Waals surface area contributed by atoms with Crippen molar-refractivity contribution in [1.82, 2.24) is 14.7 Å². The van der Waals surface area contributed by atoms with Crippen molar-refractivity contribution in [3.05, 3.63) is 35.7 Å². The Labute approximate surface area is 149 Å². The molecular formula is C19H28N4O2. The fraction of sp³-hybridized carbons (Fsp3) is 0.526. The van der Waals surface area contributed by atoms with Crippen molar-refractivity contribution < 1.29 is 9.47 Å². The van der Waals surface area contributed by atoms with Crippen LogP contribution in [-0.2, 0) is 13.6 Å². The normalized spacial score (nSPS) is 17.4. The van der Waals surface area contributed by atoms with E-state index in [1.165, 1.54) is 5.69 Å². The molecule has 1 aliphatic heterocycles. The van der Waals surface area contributed by atoms with Crippen LogP contribution in [0.15, 0.2) is 24.3 Å². The van der Waals surface area contributed by atoms with E-state index in [4.69, 9.17) is 9.47 Å². The fourth-order valence-corrected chi connectivity index (χ4v) is 3.41. The van der Waals surface area contributed by atoms with Gasteiger partial charge in [0.1, 0.15) is 11.5 Å². The zero-order valence-electron chi connectivity index (χ0n) is 15.8. The van der Waals surface area contributed by atoms with Gasteiger partial charge in [-0.25, -0.2) is 0 Å². The number of anilines is 1. The molecule has 0 aliphatic carbocycles. The molecule has 1 atom stereocenters. The molecule has 1 unspecified atom stereocenters. The minimum Gasteiger partial charge on any atom is -0.497 e. The number of rotatable bonds is 6. The molecule has 0 radical (unpaired) electrons. The van der Waals surface area contributed by atoms with E-state index in [0.717, 1.165) is 48.9 Å². The first-order valence-electron chi connectivity index (χ1n) is 8.68. The lowest BCUT2D eigenvalue weighted by molar-refractivity contribution is 0.247. The molecule has 3 rings (SSSR count). The van der Waals surface area contributed by atoms with E-state index in [1.54, 1.807) is 14.2 Å². The quantitative estimate of drug-likeness (QED) is 0.805. The number of aryl methyl sites for hydroxylation is 2. The van der Waals surface area contributed by atoms with E-state index in [0.29, 0.717) is 6.04 Å². The van der Waals surface area contributed by atoms with Crippen molar-refractivity contribution in [3.63, 3.8) is 0 Å². The van der Waals surface area contributed by atoms with Crippen LogP contribution in [0.5, 0.6) is 11.5 Å². The Balaban J connectivity index is 1.66. The van der Waals surface area contributed by atoms with Crippen molar-refractivity contribution in [2.24, 2.45) is 7.05 Å². The number of hydrogen-bond acceptors (Lipinski definition) is 5. The lowest BCUT2D eigenvalue weighted by atomic mass is 10.2. The zero-order valence-corrected chi connectivity index (χ0v) is 15.8. The molecule has 1 aromatic carbocycles. The average Bonchev–Trinajstić information content (AvgIpc) is 3.22. The maximum absolute atomic E-state index is 5.40. The predicted octanol–water partition coefficient (Wildman–Crippen LogP) is 2.46. The number of benzene rings is 1. The van der Waals surface area contributed by atoms with E-state index >= 15 is 0 Å². The Morgan fingerprint density at radius 1 is 1.16 bits per heavy atom. The zero-order chi connectivity index (χ0) is 18.0. The minimum atomic E-state index is 0.513. The van der Waals surface area contributed by atoms with E-state index < -0.39 is 0 Å². The van der Waals surface area contributed by atoms with Crippen LogP contribution in [0.1, 0.15) is 17.8 Å². The SMILES string of the molecule is COc1cc(OC)cc(N2CCC(N(C)Cc3cc(C)n(C)n3)C2)c1. The van der Waals surface area contributed by atoms with Crippen molar-refractivity contribution >= 4 is 5.69 Å². The van der Waals surface area contributed by atoms with Gasteiger partial charge in [-0.2, -0.15) is 5.10 Å². The van der Waals surface area contributed by atoms with Crippen LogP contribution < -0.4 is 14.4 Å². The van der Waals surface area contributed by atoms with Gasteiger partial charge in [-0.3, -0.25) is 9.58 Å². The van der Waals surface area contributed by atoms with E-state index in [-0.39, 0.29) is 0 Å². The first kappa shape index (κ1) is 17.6. The largest absolute Gasteiger partial charge is 0.497 e. The molecule has 25 heavy (non-hydrogen) atoms. The Hall–Kier alpha value is -2.21. The highest BCUT2D eigenvalue weighted by molar-refractivity contribution is 5.56. The van der Waals surface area contributed by atoms with Crippen LogP contribution in [0.25, 0.3) is 0 Å². The minimum absolute atomic E-state index is 0.513. The van der Waals surface area contributed by atoms with Gasteiger partial charge in [-0.15, -0.1) is 0 Å². The number of methoxy groups -OCH3 is 2. The molecule has 1 aromatic heterocycles. The number of ether oxygens (including phenoxy) is 2.